The van der Waals surface area contributed by atoms with Crippen molar-refractivity contribution in [1.82, 2.24) is 0 Å². The average molecular weight is 390 g/mol. The topological polar surface area (TPSA) is 90.7 Å². The molecule has 2 amide bonds. The molecule has 3 aromatic carbocycles. The summed E-state index contributed by atoms with van der Waals surface area (Å²) in [5, 5.41) is 2.84. The first-order valence-electron chi connectivity index (χ1n) is 9.04. The number of amides is 2. The third-order valence-electron chi connectivity index (χ3n) is 4.36. The molecule has 3 aromatic rings. The molecule has 0 aliphatic carbocycles. The van der Waals surface area contributed by atoms with Gasteiger partial charge in [0.05, 0.1) is 12.7 Å². The molecule has 3 N–H and O–H groups in total. The van der Waals surface area contributed by atoms with E-state index in [0.29, 0.717) is 22.6 Å². The Bertz CT molecular complexity index is 1010. The minimum atomic E-state index is -0.537. The first-order chi connectivity index (χ1) is 14.0. The zero-order chi connectivity index (χ0) is 20.8. The molecule has 0 atom stereocenters. The number of benzene rings is 3. The Morgan fingerprint density at radius 2 is 1.66 bits per heavy atom. The van der Waals surface area contributed by atoms with Crippen molar-refractivity contribution in [2.75, 3.05) is 12.4 Å². The third kappa shape index (κ3) is 5.13. The molecule has 0 aromatic heterocycles. The molecule has 0 saturated heterocycles. The monoisotopic (exact) mass is 390 g/mol. The molecule has 0 radical (unpaired) electrons. The minimum Gasteiger partial charge on any atom is -0.497 e. The van der Waals surface area contributed by atoms with Crippen molar-refractivity contribution < 1.29 is 19.1 Å². The highest BCUT2D eigenvalue weighted by molar-refractivity contribution is 6.04. The number of anilines is 1. The van der Waals surface area contributed by atoms with Crippen LogP contribution in [0.15, 0.2) is 66.7 Å². The van der Waals surface area contributed by atoms with Crippen molar-refractivity contribution in [1.29, 1.82) is 0 Å². The number of primary amides is 1. The molecule has 6 nitrogen and oxygen atoms in total. The molecule has 3 rings (SSSR count). The van der Waals surface area contributed by atoms with Crippen LogP contribution in [0.5, 0.6) is 11.5 Å². The van der Waals surface area contributed by atoms with Crippen LogP contribution in [0.25, 0.3) is 0 Å². The Morgan fingerprint density at radius 1 is 0.966 bits per heavy atom. The Hall–Kier alpha value is -3.80. The van der Waals surface area contributed by atoms with E-state index in [1.165, 1.54) is 0 Å². The van der Waals surface area contributed by atoms with Crippen molar-refractivity contribution in [2.45, 2.75) is 13.5 Å². The van der Waals surface area contributed by atoms with Gasteiger partial charge in [-0.05, 0) is 66.6 Å². The lowest BCUT2D eigenvalue weighted by atomic mass is 10.1. The second kappa shape index (κ2) is 8.93. The van der Waals surface area contributed by atoms with E-state index >= 15 is 0 Å². The van der Waals surface area contributed by atoms with E-state index in [1.807, 2.05) is 25.1 Å². The second-order valence-corrected chi connectivity index (χ2v) is 6.53. The largest absolute Gasteiger partial charge is 0.497 e. The molecule has 0 spiro atoms. The van der Waals surface area contributed by atoms with Gasteiger partial charge in [-0.15, -0.1) is 0 Å². The van der Waals surface area contributed by atoms with E-state index in [2.05, 4.69) is 5.32 Å². The average Bonchev–Trinajstić information content (AvgIpc) is 2.73. The lowest BCUT2D eigenvalue weighted by Crippen LogP contribution is -2.13. The molecular weight excluding hydrogens is 368 g/mol. The molecule has 6 heteroatoms. The van der Waals surface area contributed by atoms with E-state index in [9.17, 15) is 9.59 Å². The van der Waals surface area contributed by atoms with Crippen molar-refractivity contribution in [3.63, 3.8) is 0 Å². The van der Waals surface area contributed by atoms with Crippen LogP contribution >= 0.6 is 0 Å². The smallest absolute Gasteiger partial charge is 0.255 e. The fourth-order valence-electron chi connectivity index (χ4n) is 2.74. The summed E-state index contributed by atoms with van der Waals surface area (Å²) in [5.41, 5.74) is 8.77. The van der Waals surface area contributed by atoms with Gasteiger partial charge in [-0.25, -0.2) is 0 Å². The maximum atomic E-state index is 12.4. The molecule has 148 valence electrons. The van der Waals surface area contributed by atoms with E-state index < -0.39 is 5.91 Å². The number of hydrogen-bond donors (Lipinski definition) is 2. The predicted octanol–water partition coefficient (Wildman–Crippen LogP) is 3.93. The van der Waals surface area contributed by atoms with Gasteiger partial charge in [-0.3, -0.25) is 9.59 Å². The van der Waals surface area contributed by atoms with Gasteiger partial charge >= 0.3 is 0 Å². The Morgan fingerprint density at radius 3 is 2.28 bits per heavy atom. The van der Waals surface area contributed by atoms with Crippen molar-refractivity contribution in [3.8, 4) is 11.5 Å². The number of carbonyl (C=O) groups excluding carboxylic acids is 2. The number of methoxy groups -OCH3 is 1. The normalized spacial score (nSPS) is 10.3. The van der Waals surface area contributed by atoms with Crippen molar-refractivity contribution >= 4 is 17.5 Å². The third-order valence-corrected chi connectivity index (χ3v) is 4.36. The summed E-state index contributed by atoms with van der Waals surface area (Å²) < 4.78 is 10.9. The molecular formula is C23H22N2O4. The lowest BCUT2D eigenvalue weighted by Gasteiger charge is -2.11. The molecule has 0 saturated carbocycles. The van der Waals surface area contributed by atoms with Gasteiger partial charge in [0.15, 0.2) is 0 Å². The highest BCUT2D eigenvalue weighted by Crippen LogP contribution is 2.21. The van der Waals surface area contributed by atoms with Crippen LogP contribution in [-0.2, 0) is 6.61 Å². The fourth-order valence-corrected chi connectivity index (χ4v) is 2.74. The number of hydrogen-bond acceptors (Lipinski definition) is 4. The summed E-state index contributed by atoms with van der Waals surface area (Å²) in [7, 11) is 1.59. The first kappa shape index (κ1) is 19.9. The maximum absolute atomic E-state index is 12.4. The summed E-state index contributed by atoms with van der Waals surface area (Å²) in [6.07, 6.45) is 0. The Labute approximate surface area is 169 Å². The fraction of sp³-hybridized carbons (Fsp3) is 0.130. The molecule has 0 aliphatic rings. The SMILES string of the molecule is COc1ccc(NC(=O)c2ccc(COc3cc(C)ccc3C(N)=O)cc2)cc1. The van der Waals surface area contributed by atoms with Gasteiger partial charge in [0.2, 0.25) is 0 Å². The van der Waals surface area contributed by atoms with Crippen molar-refractivity contribution in [2.24, 2.45) is 5.73 Å². The Balaban J connectivity index is 1.63. The first-order valence-corrected chi connectivity index (χ1v) is 9.04. The van der Waals surface area contributed by atoms with Gasteiger partial charge in [0.25, 0.3) is 11.8 Å². The molecule has 0 aliphatic heterocycles. The summed E-state index contributed by atoms with van der Waals surface area (Å²) >= 11 is 0. The van der Waals surface area contributed by atoms with Gasteiger partial charge in [-0.1, -0.05) is 18.2 Å². The lowest BCUT2D eigenvalue weighted by molar-refractivity contribution is 0.0993. The molecule has 0 fully saturated rings. The zero-order valence-corrected chi connectivity index (χ0v) is 16.3. The van der Waals surface area contributed by atoms with E-state index in [1.54, 1.807) is 55.6 Å². The minimum absolute atomic E-state index is 0.211. The van der Waals surface area contributed by atoms with E-state index in [0.717, 1.165) is 16.9 Å². The number of nitrogens with one attached hydrogen (secondary N) is 1. The van der Waals surface area contributed by atoms with Crippen LogP contribution < -0.4 is 20.5 Å². The molecule has 0 unspecified atom stereocenters. The van der Waals surface area contributed by atoms with Gasteiger partial charge in [0, 0.05) is 11.3 Å². The number of nitrogens with two attached hydrogens (primary N) is 1. The summed E-state index contributed by atoms with van der Waals surface area (Å²) in [6, 6.07) is 19.4. The Kier molecular flexibility index (Phi) is 6.14. The second-order valence-electron chi connectivity index (χ2n) is 6.53. The number of rotatable bonds is 7. The molecule has 0 bridgehead atoms. The van der Waals surface area contributed by atoms with Crippen LogP contribution in [-0.4, -0.2) is 18.9 Å². The predicted molar refractivity (Wildman–Crippen MR) is 111 cm³/mol. The van der Waals surface area contributed by atoms with E-state index in [-0.39, 0.29) is 12.5 Å². The molecule has 29 heavy (non-hydrogen) atoms. The van der Waals surface area contributed by atoms with Crippen LogP contribution in [0, 0.1) is 6.92 Å². The highest BCUT2D eigenvalue weighted by atomic mass is 16.5. The van der Waals surface area contributed by atoms with Crippen LogP contribution in [0.3, 0.4) is 0 Å². The number of ether oxygens (including phenoxy) is 2. The number of aryl methyl sites for hydroxylation is 1. The number of carbonyl (C=O) groups is 2. The van der Waals surface area contributed by atoms with Crippen LogP contribution in [0.1, 0.15) is 31.8 Å². The quantitative estimate of drug-likeness (QED) is 0.639. The summed E-state index contributed by atoms with van der Waals surface area (Å²) in [5.74, 6) is 0.419. The van der Waals surface area contributed by atoms with Gasteiger partial charge < -0.3 is 20.5 Å². The summed E-state index contributed by atoms with van der Waals surface area (Å²) in [4.78, 5) is 23.9. The van der Waals surface area contributed by atoms with Crippen LogP contribution in [0.4, 0.5) is 5.69 Å². The maximum Gasteiger partial charge on any atom is 0.255 e. The molecule has 0 heterocycles. The van der Waals surface area contributed by atoms with Gasteiger partial charge in [0.1, 0.15) is 18.1 Å². The standard InChI is InChI=1S/C23H22N2O4/c1-15-3-12-20(22(24)26)21(13-15)29-14-16-4-6-17(7-5-16)23(27)25-18-8-10-19(28-2)11-9-18/h3-13H,14H2,1-2H3,(H2,24,26)(H,25,27). The van der Waals surface area contributed by atoms with E-state index in [4.69, 9.17) is 15.2 Å². The zero-order valence-electron chi connectivity index (χ0n) is 16.3. The highest BCUT2D eigenvalue weighted by Gasteiger charge is 2.10. The van der Waals surface area contributed by atoms with Crippen LogP contribution in [0.2, 0.25) is 0 Å². The van der Waals surface area contributed by atoms with Gasteiger partial charge in [-0.2, -0.15) is 0 Å². The summed E-state index contributed by atoms with van der Waals surface area (Å²) in [6.45, 7) is 2.16. The van der Waals surface area contributed by atoms with Crippen molar-refractivity contribution in [3.05, 3.63) is 89.0 Å².